The number of piperidine rings is 1. The molecule has 2 aromatic carbocycles. The summed E-state index contributed by atoms with van der Waals surface area (Å²) in [4.78, 5) is 15.5. The number of carbonyl (C=O) groups is 1. The molecule has 0 aromatic heterocycles. The molecule has 2 fully saturated rings. The molecule has 0 amide bonds. The van der Waals surface area contributed by atoms with Gasteiger partial charge in [0.2, 0.25) is 0 Å². The van der Waals surface area contributed by atoms with Gasteiger partial charge in [0.05, 0.1) is 5.56 Å². The van der Waals surface area contributed by atoms with Crippen LogP contribution in [0.15, 0.2) is 48.5 Å². The number of carbonyl (C=O) groups excluding carboxylic acids is 1. The van der Waals surface area contributed by atoms with Gasteiger partial charge < -0.3 is 4.74 Å². The second-order valence-electron chi connectivity index (χ2n) is 8.67. The lowest BCUT2D eigenvalue weighted by Gasteiger charge is -2.38. The summed E-state index contributed by atoms with van der Waals surface area (Å²) in [5, 5.41) is 0. The Labute approximate surface area is 174 Å². The van der Waals surface area contributed by atoms with E-state index in [1.165, 1.54) is 24.0 Å². The van der Waals surface area contributed by atoms with E-state index in [-0.39, 0.29) is 12.1 Å². The number of hydrogen-bond acceptors (Lipinski definition) is 3. The van der Waals surface area contributed by atoms with Gasteiger partial charge in [-0.25, -0.2) is 4.79 Å². The first-order chi connectivity index (χ1) is 14.0. The summed E-state index contributed by atoms with van der Waals surface area (Å²) in [6.07, 6.45) is 8.83. The lowest BCUT2D eigenvalue weighted by Crippen LogP contribution is -2.45. The van der Waals surface area contributed by atoms with Gasteiger partial charge in [0, 0.05) is 31.5 Å². The number of nitrogens with zero attached hydrogens (tertiary/aromatic N) is 1. The van der Waals surface area contributed by atoms with E-state index in [4.69, 9.17) is 4.74 Å². The molecule has 2 heterocycles. The van der Waals surface area contributed by atoms with Crippen LogP contribution in [0.25, 0.3) is 6.08 Å². The molecule has 29 heavy (non-hydrogen) atoms. The molecule has 2 aromatic rings. The van der Waals surface area contributed by atoms with Crippen LogP contribution in [-0.2, 0) is 4.74 Å². The minimum atomic E-state index is -0.151. The number of ether oxygens (including phenoxy) is 1. The molecule has 2 bridgehead atoms. The van der Waals surface area contributed by atoms with Gasteiger partial charge in [-0.3, -0.25) is 4.90 Å². The van der Waals surface area contributed by atoms with E-state index >= 15 is 0 Å². The fourth-order valence-corrected chi connectivity index (χ4v) is 5.21. The molecule has 3 heteroatoms. The van der Waals surface area contributed by atoms with Crippen molar-refractivity contribution in [1.82, 2.24) is 4.90 Å². The Morgan fingerprint density at radius 3 is 2.28 bits per heavy atom. The quantitative estimate of drug-likeness (QED) is 0.635. The summed E-state index contributed by atoms with van der Waals surface area (Å²) in [5.41, 5.74) is 5.20. The summed E-state index contributed by atoms with van der Waals surface area (Å²) in [6.45, 7) is 7.04. The van der Waals surface area contributed by atoms with E-state index in [1.54, 1.807) is 0 Å². The zero-order chi connectivity index (χ0) is 20.4. The number of hydrogen-bond donors (Lipinski definition) is 0. The highest BCUT2D eigenvalue weighted by molar-refractivity contribution is 5.92. The standard InChI is InChI=1S/C26H31NO2/c1-18-14-19(2)25(20(3)15-18)26(28)29-24-16-22-11-12-23(17-24)27(22)13-7-10-21-8-5-4-6-9-21/h4-10,14-15,22-24H,11-13,16-17H2,1-3H3/b10-7+/t22-,23-/m0/s1. The molecule has 152 valence electrons. The Morgan fingerprint density at radius 1 is 1.03 bits per heavy atom. The lowest BCUT2D eigenvalue weighted by atomic mass is 9.98. The van der Waals surface area contributed by atoms with Crippen LogP contribution in [0.1, 0.15) is 58.3 Å². The first-order valence-corrected chi connectivity index (χ1v) is 10.8. The molecule has 2 aliphatic rings. The zero-order valence-corrected chi connectivity index (χ0v) is 17.7. The van der Waals surface area contributed by atoms with E-state index in [1.807, 2.05) is 19.9 Å². The summed E-state index contributed by atoms with van der Waals surface area (Å²) < 4.78 is 6.00. The topological polar surface area (TPSA) is 29.5 Å². The number of aryl methyl sites for hydroxylation is 3. The highest BCUT2D eigenvalue weighted by atomic mass is 16.5. The largest absolute Gasteiger partial charge is 0.459 e. The monoisotopic (exact) mass is 389 g/mol. The Hall–Kier alpha value is -2.39. The van der Waals surface area contributed by atoms with Crippen molar-refractivity contribution in [2.45, 2.75) is 64.6 Å². The minimum Gasteiger partial charge on any atom is -0.459 e. The van der Waals surface area contributed by atoms with Crippen molar-refractivity contribution >= 4 is 12.0 Å². The summed E-state index contributed by atoms with van der Waals surface area (Å²) in [5.74, 6) is -0.151. The fraction of sp³-hybridized carbons (Fsp3) is 0.423. The van der Waals surface area contributed by atoms with Crippen LogP contribution in [0.2, 0.25) is 0 Å². The van der Waals surface area contributed by atoms with Gasteiger partial charge in [0.15, 0.2) is 0 Å². The zero-order valence-electron chi connectivity index (χ0n) is 17.7. The molecule has 0 spiro atoms. The molecule has 0 aliphatic carbocycles. The van der Waals surface area contributed by atoms with Gasteiger partial charge in [-0.05, 0) is 50.3 Å². The van der Waals surface area contributed by atoms with E-state index in [0.29, 0.717) is 12.1 Å². The van der Waals surface area contributed by atoms with Crippen LogP contribution in [0.5, 0.6) is 0 Å². The molecule has 2 atom stereocenters. The Balaban J connectivity index is 1.37. The maximum Gasteiger partial charge on any atom is 0.338 e. The predicted molar refractivity (Wildman–Crippen MR) is 118 cm³/mol. The first-order valence-electron chi connectivity index (χ1n) is 10.8. The van der Waals surface area contributed by atoms with Gasteiger partial charge >= 0.3 is 5.97 Å². The number of benzene rings is 2. The van der Waals surface area contributed by atoms with Crippen LogP contribution in [0.4, 0.5) is 0 Å². The Bertz CT molecular complexity index is 865. The van der Waals surface area contributed by atoms with Crippen molar-refractivity contribution in [1.29, 1.82) is 0 Å². The summed E-state index contributed by atoms with van der Waals surface area (Å²) in [6, 6.07) is 15.6. The Morgan fingerprint density at radius 2 is 1.66 bits per heavy atom. The SMILES string of the molecule is Cc1cc(C)c(C(=O)OC2C[C@@H]3CC[C@@H](C2)N3C/C=C/c2ccccc2)c(C)c1. The highest BCUT2D eigenvalue weighted by Gasteiger charge is 2.41. The number of rotatable bonds is 5. The highest BCUT2D eigenvalue weighted by Crippen LogP contribution is 2.37. The van der Waals surface area contributed by atoms with Crippen LogP contribution < -0.4 is 0 Å². The van der Waals surface area contributed by atoms with Crippen molar-refractivity contribution in [3.8, 4) is 0 Å². The third-order valence-electron chi connectivity index (χ3n) is 6.42. The van der Waals surface area contributed by atoms with Crippen LogP contribution >= 0.6 is 0 Å². The van der Waals surface area contributed by atoms with E-state index < -0.39 is 0 Å². The third kappa shape index (κ3) is 4.45. The van der Waals surface area contributed by atoms with Crippen molar-refractivity contribution in [3.63, 3.8) is 0 Å². The molecular weight excluding hydrogens is 358 g/mol. The fourth-order valence-electron chi connectivity index (χ4n) is 5.21. The average molecular weight is 390 g/mol. The second-order valence-corrected chi connectivity index (χ2v) is 8.67. The van der Waals surface area contributed by atoms with E-state index in [9.17, 15) is 4.79 Å². The molecular formula is C26H31NO2. The van der Waals surface area contributed by atoms with Crippen molar-refractivity contribution in [2.24, 2.45) is 0 Å². The van der Waals surface area contributed by atoms with Crippen LogP contribution in [-0.4, -0.2) is 35.6 Å². The molecule has 0 N–H and O–H groups in total. The maximum atomic E-state index is 12.9. The minimum absolute atomic E-state index is 0.0365. The molecule has 2 aliphatic heterocycles. The third-order valence-corrected chi connectivity index (χ3v) is 6.42. The lowest BCUT2D eigenvalue weighted by molar-refractivity contribution is -0.00354. The van der Waals surface area contributed by atoms with Gasteiger partial charge in [-0.2, -0.15) is 0 Å². The van der Waals surface area contributed by atoms with Gasteiger partial charge in [-0.15, -0.1) is 0 Å². The van der Waals surface area contributed by atoms with Crippen LogP contribution in [0, 0.1) is 20.8 Å². The van der Waals surface area contributed by atoms with Gasteiger partial charge in [-0.1, -0.05) is 60.2 Å². The maximum absolute atomic E-state index is 12.9. The van der Waals surface area contributed by atoms with E-state index in [0.717, 1.165) is 36.1 Å². The van der Waals surface area contributed by atoms with Gasteiger partial charge in [0.1, 0.15) is 6.10 Å². The van der Waals surface area contributed by atoms with Gasteiger partial charge in [0.25, 0.3) is 0 Å². The number of esters is 1. The first kappa shape index (κ1) is 19.9. The normalized spacial score (nSPS) is 24.2. The van der Waals surface area contributed by atoms with Crippen molar-refractivity contribution < 1.29 is 9.53 Å². The molecule has 3 nitrogen and oxygen atoms in total. The summed E-state index contributed by atoms with van der Waals surface area (Å²) >= 11 is 0. The Kier molecular flexibility index (Phi) is 5.86. The van der Waals surface area contributed by atoms with Crippen molar-refractivity contribution in [2.75, 3.05) is 6.54 Å². The second kappa shape index (κ2) is 8.54. The van der Waals surface area contributed by atoms with Crippen LogP contribution in [0.3, 0.4) is 0 Å². The van der Waals surface area contributed by atoms with Crippen molar-refractivity contribution in [3.05, 3.63) is 76.4 Å². The summed E-state index contributed by atoms with van der Waals surface area (Å²) in [7, 11) is 0. The average Bonchev–Trinajstić information content (AvgIpc) is 2.91. The molecule has 0 radical (unpaired) electrons. The molecule has 0 unspecified atom stereocenters. The molecule has 0 saturated carbocycles. The molecule has 4 rings (SSSR count). The molecule has 2 saturated heterocycles. The predicted octanol–water partition coefficient (Wildman–Crippen LogP) is 5.48. The van der Waals surface area contributed by atoms with E-state index in [2.05, 4.69) is 60.4 Å². The number of fused-ring (bicyclic) bond motifs is 2. The smallest absolute Gasteiger partial charge is 0.338 e.